The van der Waals surface area contributed by atoms with Crippen LogP contribution in [0.5, 0.6) is 0 Å². The summed E-state index contributed by atoms with van der Waals surface area (Å²) in [6.07, 6.45) is 6.66. The minimum absolute atomic E-state index is 0.263. The fourth-order valence-corrected chi connectivity index (χ4v) is 3.76. The predicted octanol–water partition coefficient (Wildman–Crippen LogP) is 2.40. The van der Waals surface area contributed by atoms with Gasteiger partial charge in [-0.25, -0.2) is 0 Å². The van der Waals surface area contributed by atoms with Gasteiger partial charge in [0.2, 0.25) is 0 Å². The standard InChI is InChI=1S/C20H30N4O/c1-17(2)14-23-11-10-22(15-19(23)7-12-25)16-20-6-4-9-24(20)18-5-3-8-21-13-18/h3-6,8-9,13,17,19,25H,7,10-12,14-16H2,1-2H3/t19-/m1/s1. The van der Waals surface area contributed by atoms with Crippen molar-refractivity contribution in [2.24, 2.45) is 5.92 Å². The molecule has 5 heteroatoms. The van der Waals surface area contributed by atoms with Crippen molar-refractivity contribution in [2.75, 3.05) is 32.8 Å². The summed E-state index contributed by atoms with van der Waals surface area (Å²) >= 11 is 0. The summed E-state index contributed by atoms with van der Waals surface area (Å²) in [4.78, 5) is 9.30. The average Bonchev–Trinajstić information content (AvgIpc) is 3.06. The Morgan fingerprint density at radius 2 is 2.12 bits per heavy atom. The first-order valence-corrected chi connectivity index (χ1v) is 9.31. The lowest BCUT2D eigenvalue weighted by Crippen LogP contribution is -2.54. The second-order valence-corrected chi connectivity index (χ2v) is 7.37. The molecule has 1 aliphatic rings. The Balaban J connectivity index is 1.67. The highest BCUT2D eigenvalue weighted by Crippen LogP contribution is 2.19. The van der Waals surface area contributed by atoms with E-state index in [1.165, 1.54) is 5.69 Å². The van der Waals surface area contributed by atoms with Gasteiger partial charge in [0, 0.05) is 63.5 Å². The SMILES string of the molecule is CC(C)CN1CCN(Cc2cccn2-c2cccnc2)C[C@H]1CCO. The third-order valence-electron chi connectivity index (χ3n) is 4.89. The van der Waals surface area contributed by atoms with E-state index in [4.69, 9.17) is 0 Å². The molecule has 5 nitrogen and oxygen atoms in total. The zero-order valence-electron chi connectivity index (χ0n) is 15.4. The van der Waals surface area contributed by atoms with Gasteiger partial charge in [-0.3, -0.25) is 14.8 Å². The number of aliphatic hydroxyl groups excluding tert-OH is 1. The number of pyridine rings is 1. The molecule has 0 aliphatic carbocycles. The van der Waals surface area contributed by atoms with Crippen LogP contribution in [-0.4, -0.2) is 63.3 Å². The number of hydrogen-bond acceptors (Lipinski definition) is 4. The minimum atomic E-state index is 0.263. The number of piperazine rings is 1. The number of aliphatic hydroxyl groups is 1. The summed E-state index contributed by atoms with van der Waals surface area (Å²) in [5, 5.41) is 9.45. The second kappa shape index (κ2) is 8.61. The minimum Gasteiger partial charge on any atom is -0.396 e. The molecule has 3 heterocycles. The van der Waals surface area contributed by atoms with E-state index in [-0.39, 0.29) is 6.61 Å². The normalized spacial score (nSPS) is 19.6. The summed E-state index contributed by atoms with van der Waals surface area (Å²) in [5.41, 5.74) is 2.39. The van der Waals surface area contributed by atoms with Gasteiger partial charge in [0.05, 0.1) is 11.9 Å². The third-order valence-corrected chi connectivity index (χ3v) is 4.89. The largest absolute Gasteiger partial charge is 0.396 e. The van der Waals surface area contributed by atoms with E-state index < -0.39 is 0 Å². The highest BCUT2D eigenvalue weighted by Gasteiger charge is 2.27. The van der Waals surface area contributed by atoms with Gasteiger partial charge in [-0.2, -0.15) is 0 Å². The second-order valence-electron chi connectivity index (χ2n) is 7.37. The topological polar surface area (TPSA) is 44.5 Å². The van der Waals surface area contributed by atoms with Crippen molar-refractivity contribution < 1.29 is 5.11 Å². The Kier molecular flexibility index (Phi) is 6.24. The third kappa shape index (κ3) is 4.69. The number of rotatable bonds is 7. The fourth-order valence-electron chi connectivity index (χ4n) is 3.76. The number of hydrogen-bond donors (Lipinski definition) is 1. The molecule has 0 saturated carbocycles. The Hall–Kier alpha value is -1.69. The van der Waals surface area contributed by atoms with Crippen LogP contribution in [0.1, 0.15) is 26.0 Å². The van der Waals surface area contributed by atoms with Crippen LogP contribution in [-0.2, 0) is 6.54 Å². The smallest absolute Gasteiger partial charge is 0.0636 e. The zero-order chi connectivity index (χ0) is 17.6. The Labute approximate surface area is 150 Å². The Bertz CT molecular complexity index is 640. The molecule has 136 valence electrons. The van der Waals surface area contributed by atoms with Crippen LogP contribution in [0.2, 0.25) is 0 Å². The zero-order valence-corrected chi connectivity index (χ0v) is 15.4. The van der Waals surface area contributed by atoms with Crippen molar-refractivity contribution >= 4 is 0 Å². The highest BCUT2D eigenvalue weighted by molar-refractivity contribution is 5.32. The van der Waals surface area contributed by atoms with E-state index in [0.29, 0.717) is 12.0 Å². The van der Waals surface area contributed by atoms with Gasteiger partial charge in [0.25, 0.3) is 0 Å². The van der Waals surface area contributed by atoms with E-state index in [0.717, 1.165) is 44.8 Å². The first kappa shape index (κ1) is 18.1. The van der Waals surface area contributed by atoms with Crippen molar-refractivity contribution in [2.45, 2.75) is 32.9 Å². The quantitative estimate of drug-likeness (QED) is 0.839. The van der Waals surface area contributed by atoms with Crippen LogP contribution >= 0.6 is 0 Å². The molecule has 0 spiro atoms. The van der Waals surface area contributed by atoms with Crippen molar-refractivity contribution in [1.29, 1.82) is 0 Å². The maximum absolute atomic E-state index is 9.45. The average molecular weight is 342 g/mol. The first-order valence-electron chi connectivity index (χ1n) is 9.31. The summed E-state index contributed by atoms with van der Waals surface area (Å²) < 4.78 is 2.22. The molecule has 3 rings (SSSR count). The summed E-state index contributed by atoms with van der Waals surface area (Å²) in [6, 6.07) is 8.80. The van der Waals surface area contributed by atoms with Gasteiger partial charge in [-0.05, 0) is 36.6 Å². The van der Waals surface area contributed by atoms with Crippen molar-refractivity contribution in [1.82, 2.24) is 19.4 Å². The molecule has 1 aliphatic heterocycles. The molecule has 0 bridgehead atoms. The maximum Gasteiger partial charge on any atom is 0.0636 e. The lowest BCUT2D eigenvalue weighted by molar-refractivity contribution is 0.0469. The molecule has 1 atom stereocenters. The molecule has 1 N–H and O–H groups in total. The van der Waals surface area contributed by atoms with Gasteiger partial charge in [0.1, 0.15) is 0 Å². The summed E-state index contributed by atoms with van der Waals surface area (Å²) in [7, 11) is 0. The van der Waals surface area contributed by atoms with E-state index in [9.17, 15) is 5.11 Å². The van der Waals surface area contributed by atoms with Crippen molar-refractivity contribution in [3.63, 3.8) is 0 Å². The molecule has 25 heavy (non-hydrogen) atoms. The molecule has 0 unspecified atom stereocenters. The lowest BCUT2D eigenvalue weighted by Gasteiger charge is -2.42. The van der Waals surface area contributed by atoms with E-state index >= 15 is 0 Å². The van der Waals surface area contributed by atoms with Crippen LogP contribution in [0, 0.1) is 5.92 Å². The summed E-state index contributed by atoms with van der Waals surface area (Å²) in [6.45, 7) is 10.0. The van der Waals surface area contributed by atoms with Crippen molar-refractivity contribution in [3.8, 4) is 5.69 Å². The molecule has 0 aromatic carbocycles. The molecule has 2 aromatic rings. The Morgan fingerprint density at radius 3 is 2.84 bits per heavy atom. The van der Waals surface area contributed by atoms with Crippen LogP contribution < -0.4 is 0 Å². The van der Waals surface area contributed by atoms with Gasteiger partial charge in [-0.1, -0.05) is 13.8 Å². The van der Waals surface area contributed by atoms with Crippen LogP contribution in [0.25, 0.3) is 5.69 Å². The highest BCUT2D eigenvalue weighted by atomic mass is 16.3. The monoisotopic (exact) mass is 342 g/mol. The molecular formula is C20H30N4O. The van der Waals surface area contributed by atoms with Gasteiger partial charge in [0.15, 0.2) is 0 Å². The van der Waals surface area contributed by atoms with Gasteiger partial charge < -0.3 is 9.67 Å². The van der Waals surface area contributed by atoms with Crippen LogP contribution in [0.15, 0.2) is 42.9 Å². The Morgan fingerprint density at radius 1 is 1.24 bits per heavy atom. The van der Waals surface area contributed by atoms with Crippen LogP contribution in [0.3, 0.4) is 0 Å². The van der Waals surface area contributed by atoms with E-state index in [1.54, 1.807) is 6.20 Å². The molecule has 0 radical (unpaired) electrons. The molecule has 1 saturated heterocycles. The van der Waals surface area contributed by atoms with E-state index in [1.807, 2.05) is 12.3 Å². The number of nitrogens with zero attached hydrogens (tertiary/aromatic N) is 4. The number of aromatic nitrogens is 2. The fraction of sp³-hybridized carbons (Fsp3) is 0.550. The van der Waals surface area contributed by atoms with Crippen LogP contribution in [0.4, 0.5) is 0 Å². The van der Waals surface area contributed by atoms with Gasteiger partial charge >= 0.3 is 0 Å². The van der Waals surface area contributed by atoms with Gasteiger partial charge in [-0.15, -0.1) is 0 Å². The molecule has 1 fully saturated rings. The summed E-state index contributed by atoms with van der Waals surface area (Å²) in [5.74, 6) is 0.663. The molecular weight excluding hydrogens is 312 g/mol. The molecule has 2 aromatic heterocycles. The predicted molar refractivity (Wildman–Crippen MR) is 101 cm³/mol. The molecule has 0 amide bonds. The van der Waals surface area contributed by atoms with Crippen molar-refractivity contribution in [3.05, 3.63) is 48.5 Å². The van der Waals surface area contributed by atoms with E-state index in [2.05, 4.69) is 57.6 Å². The maximum atomic E-state index is 9.45. The lowest BCUT2D eigenvalue weighted by atomic mass is 10.1. The first-order chi connectivity index (χ1) is 12.2.